The Labute approximate surface area is 126 Å². The van der Waals surface area contributed by atoms with E-state index in [4.69, 9.17) is 5.73 Å². The number of benzene rings is 1. The second kappa shape index (κ2) is 6.63. The maximum Gasteiger partial charge on any atom is 0.272 e. The number of aromatic nitrogens is 1. The second-order valence-electron chi connectivity index (χ2n) is 4.55. The van der Waals surface area contributed by atoms with E-state index in [-0.39, 0.29) is 5.91 Å². The predicted octanol–water partition coefficient (Wildman–Crippen LogP) is 2.58. The van der Waals surface area contributed by atoms with Gasteiger partial charge in [0.05, 0.1) is 0 Å². The van der Waals surface area contributed by atoms with E-state index in [1.165, 1.54) is 0 Å². The van der Waals surface area contributed by atoms with Gasteiger partial charge in [0, 0.05) is 30.8 Å². The van der Waals surface area contributed by atoms with Crippen LogP contribution in [0.25, 0.3) is 0 Å². The van der Waals surface area contributed by atoms with Crippen molar-refractivity contribution in [1.82, 2.24) is 9.88 Å². The van der Waals surface area contributed by atoms with E-state index in [0.29, 0.717) is 18.8 Å². The maximum atomic E-state index is 12.3. The summed E-state index contributed by atoms with van der Waals surface area (Å²) in [4.78, 5) is 18.0. The third kappa shape index (κ3) is 3.65. The van der Waals surface area contributed by atoms with Gasteiger partial charge in [-0.3, -0.25) is 9.78 Å². The van der Waals surface area contributed by atoms with Crippen LogP contribution >= 0.6 is 15.9 Å². The van der Waals surface area contributed by atoms with E-state index < -0.39 is 0 Å². The fourth-order valence-electron chi connectivity index (χ4n) is 1.85. The van der Waals surface area contributed by atoms with E-state index in [9.17, 15) is 4.79 Å². The number of nitrogens with two attached hydrogens (primary N) is 1. The van der Waals surface area contributed by atoms with Crippen LogP contribution < -0.4 is 5.73 Å². The zero-order chi connectivity index (χ0) is 14.5. The Morgan fingerprint density at radius 1 is 1.30 bits per heavy atom. The highest BCUT2D eigenvalue weighted by Crippen LogP contribution is 2.14. The molecular formula is C15H16BrN3O. The molecule has 20 heavy (non-hydrogen) atoms. The first-order valence-corrected chi connectivity index (χ1v) is 7.04. The molecule has 1 amide bonds. The van der Waals surface area contributed by atoms with Gasteiger partial charge in [0.25, 0.3) is 5.91 Å². The van der Waals surface area contributed by atoms with Crippen molar-refractivity contribution >= 4 is 21.8 Å². The summed E-state index contributed by atoms with van der Waals surface area (Å²) in [5.74, 6) is -0.103. The summed E-state index contributed by atoms with van der Waals surface area (Å²) in [5.41, 5.74) is 7.92. The number of halogens is 1. The number of hydrogen-bond acceptors (Lipinski definition) is 3. The summed E-state index contributed by atoms with van der Waals surface area (Å²) >= 11 is 3.42. The third-order valence-corrected chi connectivity index (χ3v) is 3.43. The van der Waals surface area contributed by atoms with Gasteiger partial charge in [-0.05, 0) is 29.3 Å². The SMILES string of the molecule is CN(Cc1cccc(Br)c1)C(=O)c1ccc(CN)cn1. The van der Waals surface area contributed by atoms with Gasteiger partial charge >= 0.3 is 0 Å². The molecule has 1 heterocycles. The molecule has 5 heteroatoms. The largest absolute Gasteiger partial charge is 0.336 e. The van der Waals surface area contributed by atoms with Gasteiger partial charge < -0.3 is 10.6 Å². The summed E-state index contributed by atoms with van der Waals surface area (Å²) < 4.78 is 1.00. The van der Waals surface area contributed by atoms with Crippen molar-refractivity contribution in [2.45, 2.75) is 13.1 Å². The highest BCUT2D eigenvalue weighted by atomic mass is 79.9. The smallest absolute Gasteiger partial charge is 0.272 e. The van der Waals surface area contributed by atoms with E-state index in [1.54, 1.807) is 24.2 Å². The Bertz CT molecular complexity index is 598. The fraction of sp³-hybridized carbons (Fsp3) is 0.200. The van der Waals surface area contributed by atoms with Crippen LogP contribution in [0, 0.1) is 0 Å². The van der Waals surface area contributed by atoms with Crippen LogP contribution in [0.5, 0.6) is 0 Å². The van der Waals surface area contributed by atoms with Crippen molar-refractivity contribution in [3.05, 3.63) is 63.9 Å². The first kappa shape index (κ1) is 14.7. The second-order valence-corrected chi connectivity index (χ2v) is 5.46. The first-order valence-electron chi connectivity index (χ1n) is 6.25. The van der Waals surface area contributed by atoms with Gasteiger partial charge in [-0.15, -0.1) is 0 Å². The Hall–Kier alpha value is -1.72. The van der Waals surface area contributed by atoms with Crippen LogP contribution in [0.15, 0.2) is 47.1 Å². The predicted molar refractivity (Wildman–Crippen MR) is 82.1 cm³/mol. The molecule has 0 unspecified atom stereocenters. The Balaban J connectivity index is 2.07. The normalized spacial score (nSPS) is 10.3. The molecule has 2 aromatic rings. The summed E-state index contributed by atoms with van der Waals surface area (Å²) in [7, 11) is 1.77. The molecule has 0 saturated carbocycles. The summed E-state index contributed by atoms with van der Waals surface area (Å²) in [5, 5.41) is 0. The molecule has 0 spiro atoms. The Morgan fingerprint density at radius 2 is 2.10 bits per heavy atom. The molecule has 1 aromatic heterocycles. The van der Waals surface area contributed by atoms with Crippen LogP contribution in [-0.4, -0.2) is 22.8 Å². The van der Waals surface area contributed by atoms with Gasteiger partial charge in [-0.25, -0.2) is 0 Å². The van der Waals surface area contributed by atoms with Crippen LogP contribution in [0.1, 0.15) is 21.6 Å². The van der Waals surface area contributed by atoms with E-state index in [1.807, 2.05) is 30.3 Å². The molecule has 0 radical (unpaired) electrons. The summed E-state index contributed by atoms with van der Waals surface area (Å²) in [6.07, 6.45) is 1.64. The Morgan fingerprint density at radius 3 is 2.70 bits per heavy atom. The summed E-state index contributed by atoms with van der Waals surface area (Å²) in [6, 6.07) is 11.4. The number of amides is 1. The van der Waals surface area contributed by atoms with Crippen molar-refractivity contribution in [3.63, 3.8) is 0 Å². The molecular weight excluding hydrogens is 318 g/mol. The fourth-order valence-corrected chi connectivity index (χ4v) is 2.29. The lowest BCUT2D eigenvalue weighted by atomic mass is 10.2. The lowest BCUT2D eigenvalue weighted by molar-refractivity contribution is 0.0779. The maximum absolute atomic E-state index is 12.3. The summed E-state index contributed by atoms with van der Waals surface area (Å²) in [6.45, 7) is 0.966. The molecule has 0 fully saturated rings. The van der Waals surface area contributed by atoms with E-state index >= 15 is 0 Å². The average Bonchev–Trinajstić information content (AvgIpc) is 2.46. The van der Waals surface area contributed by atoms with Crippen molar-refractivity contribution in [2.75, 3.05) is 7.05 Å². The van der Waals surface area contributed by atoms with Crippen LogP contribution in [0.3, 0.4) is 0 Å². The first-order chi connectivity index (χ1) is 9.60. The third-order valence-electron chi connectivity index (χ3n) is 2.94. The monoisotopic (exact) mass is 333 g/mol. The molecule has 0 aliphatic carbocycles. The quantitative estimate of drug-likeness (QED) is 0.935. The van der Waals surface area contributed by atoms with Gasteiger partial charge in [-0.2, -0.15) is 0 Å². The minimum absolute atomic E-state index is 0.103. The van der Waals surface area contributed by atoms with Crippen molar-refractivity contribution in [1.29, 1.82) is 0 Å². The van der Waals surface area contributed by atoms with Gasteiger partial charge in [0.1, 0.15) is 5.69 Å². The standard InChI is InChI=1S/C15H16BrN3O/c1-19(10-11-3-2-4-13(16)7-11)15(20)14-6-5-12(8-17)9-18-14/h2-7,9H,8,10,17H2,1H3. The lowest BCUT2D eigenvalue weighted by Gasteiger charge is -2.17. The molecule has 0 atom stereocenters. The zero-order valence-corrected chi connectivity index (χ0v) is 12.8. The molecule has 1 aromatic carbocycles. The number of nitrogens with zero attached hydrogens (tertiary/aromatic N) is 2. The number of hydrogen-bond donors (Lipinski definition) is 1. The van der Waals surface area contributed by atoms with E-state index in [2.05, 4.69) is 20.9 Å². The molecule has 0 aliphatic heterocycles. The van der Waals surface area contributed by atoms with E-state index in [0.717, 1.165) is 15.6 Å². The molecule has 2 rings (SSSR count). The highest BCUT2D eigenvalue weighted by Gasteiger charge is 2.13. The van der Waals surface area contributed by atoms with Gasteiger partial charge in [0.2, 0.25) is 0 Å². The molecule has 0 aliphatic rings. The topological polar surface area (TPSA) is 59.2 Å². The molecule has 0 saturated heterocycles. The minimum atomic E-state index is -0.103. The zero-order valence-electron chi connectivity index (χ0n) is 11.2. The molecule has 4 nitrogen and oxygen atoms in total. The number of carbonyl (C=O) groups excluding carboxylic acids is 1. The van der Waals surface area contributed by atoms with Crippen molar-refractivity contribution in [2.24, 2.45) is 5.73 Å². The average molecular weight is 334 g/mol. The number of carbonyl (C=O) groups is 1. The van der Waals surface area contributed by atoms with Gasteiger partial charge in [0.15, 0.2) is 0 Å². The molecule has 2 N–H and O–H groups in total. The lowest BCUT2D eigenvalue weighted by Crippen LogP contribution is -2.27. The number of pyridine rings is 1. The van der Waals surface area contributed by atoms with Crippen molar-refractivity contribution in [3.8, 4) is 0 Å². The van der Waals surface area contributed by atoms with Crippen molar-refractivity contribution < 1.29 is 4.79 Å². The van der Waals surface area contributed by atoms with Crippen LogP contribution in [0.2, 0.25) is 0 Å². The van der Waals surface area contributed by atoms with Crippen LogP contribution in [0.4, 0.5) is 0 Å². The highest BCUT2D eigenvalue weighted by molar-refractivity contribution is 9.10. The van der Waals surface area contributed by atoms with Gasteiger partial charge in [-0.1, -0.05) is 34.1 Å². The van der Waals surface area contributed by atoms with Crippen LogP contribution in [-0.2, 0) is 13.1 Å². The molecule has 0 bridgehead atoms. The Kier molecular flexibility index (Phi) is 4.87. The number of rotatable bonds is 4. The molecule has 104 valence electrons. The minimum Gasteiger partial charge on any atom is -0.336 e.